The molecule has 0 saturated heterocycles. The van der Waals surface area contributed by atoms with Gasteiger partial charge in [-0.05, 0) is 37.3 Å². The van der Waals surface area contributed by atoms with Gasteiger partial charge in [0, 0.05) is 30.4 Å². The second-order valence-corrected chi connectivity index (χ2v) is 8.37. The summed E-state index contributed by atoms with van der Waals surface area (Å²) in [5.74, 6) is 0.339. The standard InChI is InChI=1S/C22H26ClN3O/c1-15(2)11-22(3,12-16-8-6-5-7-9-16)25-21(27)17-10-18-19(23)14-26(4)20(18)24-13-17/h5-10,13-15H,11-12H2,1-4H3,(H,25,27). The molecule has 0 bridgehead atoms. The summed E-state index contributed by atoms with van der Waals surface area (Å²) >= 11 is 6.27. The second-order valence-electron chi connectivity index (χ2n) is 7.96. The third kappa shape index (κ3) is 4.51. The monoisotopic (exact) mass is 383 g/mol. The molecular formula is C22H26ClN3O. The first kappa shape index (κ1) is 19.4. The normalized spacial score (nSPS) is 13.7. The molecule has 1 amide bonds. The smallest absolute Gasteiger partial charge is 0.253 e. The summed E-state index contributed by atoms with van der Waals surface area (Å²) in [5.41, 5.74) is 2.16. The van der Waals surface area contributed by atoms with E-state index in [-0.39, 0.29) is 11.4 Å². The predicted octanol–water partition coefficient (Wildman–Crippen LogP) is 5.00. The van der Waals surface area contributed by atoms with E-state index in [1.54, 1.807) is 12.4 Å². The Hall–Kier alpha value is -2.33. The van der Waals surface area contributed by atoms with Gasteiger partial charge in [0.15, 0.2) is 0 Å². The van der Waals surface area contributed by atoms with Crippen molar-refractivity contribution in [2.75, 3.05) is 0 Å². The molecule has 0 aliphatic heterocycles. The number of amides is 1. The highest BCUT2D eigenvalue weighted by Crippen LogP contribution is 2.26. The maximum Gasteiger partial charge on any atom is 0.253 e. The van der Waals surface area contributed by atoms with Gasteiger partial charge in [-0.2, -0.15) is 0 Å². The lowest BCUT2D eigenvalue weighted by molar-refractivity contribution is 0.0894. The van der Waals surface area contributed by atoms with Crippen LogP contribution in [-0.2, 0) is 13.5 Å². The Bertz CT molecular complexity index is 949. The Labute approximate surface area is 165 Å². The van der Waals surface area contributed by atoms with Crippen LogP contribution in [-0.4, -0.2) is 21.0 Å². The molecule has 0 aliphatic rings. The van der Waals surface area contributed by atoms with Crippen LogP contribution in [0.25, 0.3) is 11.0 Å². The van der Waals surface area contributed by atoms with Crippen molar-refractivity contribution < 1.29 is 4.79 Å². The maximum atomic E-state index is 13.0. The predicted molar refractivity (Wildman–Crippen MR) is 111 cm³/mol. The molecule has 3 rings (SSSR count). The summed E-state index contributed by atoms with van der Waals surface area (Å²) in [6.07, 6.45) is 5.08. The van der Waals surface area contributed by atoms with E-state index in [2.05, 4.69) is 43.2 Å². The zero-order valence-corrected chi connectivity index (χ0v) is 17.0. The zero-order chi connectivity index (χ0) is 19.6. The van der Waals surface area contributed by atoms with Crippen LogP contribution < -0.4 is 5.32 Å². The van der Waals surface area contributed by atoms with E-state index in [0.717, 1.165) is 23.9 Å². The van der Waals surface area contributed by atoms with Crippen molar-refractivity contribution in [3.8, 4) is 0 Å². The van der Waals surface area contributed by atoms with E-state index >= 15 is 0 Å². The summed E-state index contributed by atoms with van der Waals surface area (Å²) in [7, 11) is 1.89. The van der Waals surface area contributed by atoms with Crippen LogP contribution in [0.4, 0.5) is 0 Å². The number of carbonyl (C=O) groups excluding carboxylic acids is 1. The molecule has 27 heavy (non-hydrogen) atoms. The lowest BCUT2D eigenvalue weighted by atomic mass is 9.84. The minimum Gasteiger partial charge on any atom is -0.346 e. The van der Waals surface area contributed by atoms with Crippen LogP contribution in [0.1, 0.15) is 43.1 Å². The number of nitrogens with zero attached hydrogens (tertiary/aromatic N) is 2. The molecule has 1 atom stereocenters. The van der Waals surface area contributed by atoms with Crippen molar-refractivity contribution in [1.82, 2.24) is 14.9 Å². The Balaban J connectivity index is 1.86. The largest absolute Gasteiger partial charge is 0.346 e. The Morgan fingerprint density at radius 2 is 2.00 bits per heavy atom. The van der Waals surface area contributed by atoms with Gasteiger partial charge in [-0.25, -0.2) is 4.98 Å². The molecule has 3 aromatic rings. The average Bonchev–Trinajstić information content (AvgIpc) is 2.88. The molecule has 0 aliphatic carbocycles. The number of nitrogens with one attached hydrogen (secondary N) is 1. The number of fused-ring (bicyclic) bond motifs is 1. The Morgan fingerprint density at radius 3 is 2.67 bits per heavy atom. The molecule has 142 valence electrons. The number of hydrogen-bond donors (Lipinski definition) is 1. The fourth-order valence-corrected chi connectivity index (χ4v) is 4.09. The molecule has 0 fully saturated rings. The van der Waals surface area contributed by atoms with E-state index < -0.39 is 0 Å². The molecule has 0 spiro atoms. The first-order valence-electron chi connectivity index (χ1n) is 9.24. The molecule has 1 aromatic carbocycles. The highest BCUT2D eigenvalue weighted by atomic mass is 35.5. The van der Waals surface area contributed by atoms with Crippen LogP contribution in [0.15, 0.2) is 48.8 Å². The van der Waals surface area contributed by atoms with Gasteiger partial charge in [0.1, 0.15) is 5.65 Å². The van der Waals surface area contributed by atoms with Crippen LogP contribution in [0.5, 0.6) is 0 Å². The van der Waals surface area contributed by atoms with Gasteiger partial charge in [0.2, 0.25) is 0 Å². The first-order chi connectivity index (χ1) is 12.8. The van der Waals surface area contributed by atoms with E-state index in [1.165, 1.54) is 5.56 Å². The highest BCUT2D eigenvalue weighted by molar-refractivity contribution is 6.35. The van der Waals surface area contributed by atoms with E-state index in [1.807, 2.05) is 35.9 Å². The molecule has 0 radical (unpaired) electrons. The second kappa shape index (κ2) is 7.73. The van der Waals surface area contributed by atoms with Crippen LogP contribution in [0.3, 0.4) is 0 Å². The fraction of sp³-hybridized carbons (Fsp3) is 0.364. The maximum absolute atomic E-state index is 13.0. The van der Waals surface area contributed by atoms with Crippen molar-refractivity contribution in [3.05, 3.63) is 64.9 Å². The van der Waals surface area contributed by atoms with Gasteiger partial charge in [0.25, 0.3) is 5.91 Å². The third-order valence-corrected chi connectivity index (χ3v) is 5.04. The SMILES string of the molecule is CC(C)CC(C)(Cc1ccccc1)NC(=O)c1cnc2c(c1)c(Cl)cn2C. The number of aryl methyl sites for hydroxylation is 1. The average molecular weight is 384 g/mol. The number of hydrogen-bond acceptors (Lipinski definition) is 2. The van der Waals surface area contributed by atoms with Crippen molar-refractivity contribution in [2.24, 2.45) is 13.0 Å². The van der Waals surface area contributed by atoms with Crippen molar-refractivity contribution >= 4 is 28.5 Å². The number of aromatic nitrogens is 2. The molecule has 2 heterocycles. The molecule has 5 heteroatoms. The number of rotatable bonds is 6. The van der Waals surface area contributed by atoms with Crippen LogP contribution in [0.2, 0.25) is 5.02 Å². The highest BCUT2D eigenvalue weighted by Gasteiger charge is 2.28. The van der Waals surface area contributed by atoms with Crippen molar-refractivity contribution in [2.45, 2.75) is 39.2 Å². The van der Waals surface area contributed by atoms with Crippen molar-refractivity contribution in [1.29, 1.82) is 0 Å². The summed E-state index contributed by atoms with van der Waals surface area (Å²) < 4.78 is 1.86. The molecular weight excluding hydrogens is 358 g/mol. The molecule has 0 saturated carbocycles. The number of carbonyl (C=O) groups is 1. The third-order valence-electron chi connectivity index (χ3n) is 4.74. The van der Waals surface area contributed by atoms with E-state index in [4.69, 9.17) is 11.6 Å². The number of halogens is 1. The number of benzene rings is 1. The summed E-state index contributed by atoms with van der Waals surface area (Å²) in [5, 5.41) is 4.64. The van der Waals surface area contributed by atoms with Gasteiger partial charge >= 0.3 is 0 Å². The minimum atomic E-state index is -0.345. The van der Waals surface area contributed by atoms with E-state index in [0.29, 0.717) is 16.5 Å². The lowest BCUT2D eigenvalue weighted by Crippen LogP contribution is -2.48. The lowest BCUT2D eigenvalue weighted by Gasteiger charge is -2.33. The zero-order valence-electron chi connectivity index (χ0n) is 16.3. The van der Waals surface area contributed by atoms with E-state index in [9.17, 15) is 4.79 Å². The molecule has 2 aromatic heterocycles. The van der Waals surface area contributed by atoms with Crippen molar-refractivity contribution in [3.63, 3.8) is 0 Å². The molecule has 1 N–H and O–H groups in total. The first-order valence-corrected chi connectivity index (χ1v) is 9.62. The van der Waals surface area contributed by atoms with Gasteiger partial charge in [-0.1, -0.05) is 55.8 Å². The minimum absolute atomic E-state index is 0.122. The van der Waals surface area contributed by atoms with Gasteiger partial charge in [-0.15, -0.1) is 0 Å². The Morgan fingerprint density at radius 1 is 1.30 bits per heavy atom. The number of pyridine rings is 1. The topological polar surface area (TPSA) is 46.9 Å². The molecule has 4 nitrogen and oxygen atoms in total. The van der Waals surface area contributed by atoms with Gasteiger partial charge in [-0.3, -0.25) is 4.79 Å². The van der Waals surface area contributed by atoms with Crippen LogP contribution >= 0.6 is 11.6 Å². The summed E-state index contributed by atoms with van der Waals surface area (Å²) in [4.78, 5) is 17.4. The van der Waals surface area contributed by atoms with Gasteiger partial charge in [0.05, 0.1) is 10.6 Å². The fourth-order valence-electron chi connectivity index (χ4n) is 3.80. The quantitative estimate of drug-likeness (QED) is 0.650. The van der Waals surface area contributed by atoms with Gasteiger partial charge < -0.3 is 9.88 Å². The summed E-state index contributed by atoms with van der Waals surface area (Å²) in [6.45, 7) is 6.46. The Kier molecular flexibility index (Phi) is 5.56. The summed E-state index contributed by atoms with van der Waals surface area (Å²) in [6, 6.07) is 12.1. The van der Waals surface area contributed by atoms with Crippen LogP contribution in [0, 0.1) is 5.92 Å². The molecule has 1 unspecified atom stereocenters.